The van der Waals surface area contributed by atoms with E-state index >= 15 is 0 Å². The fraction of sp³-hybridized carbons (Fsp3) is 0.200. The second-order valence-electron chi connectivity index (χ2n) is 3.11. The summed E-state index contributed by atoms with van der Waals surface area (Å²) >= 11 is 6.00. The summed E-state index contributed by atoms with van der Waals surface area (Å²) in [5.74, 6) is 0. The monoisotopic (exact) mass is 195 g/mol. The molecule has 13 heavy (non-hydrogen) atoms. The van der Waals surface area contributed by atoms with Gasteiger partial charge in [-0.2, -0.15) is 0 Å². The van der Waals surface area contributed by atoms with E-state index in [1.165, 1.54) is 0 Å². The first-order valence-corrected chi connectivity index (χ1v) is 4.47. The van der Waals surface area contributed by atoms with E-state index in [0.717, 1.165) is 27.2 Å². The second kappa shape index (κ2) is 3.05. The van der Waals surface area contributed by atoms with Gasteiger partial charge in [0, 0.05) is 16.1 Å². The highest BCUT2D eigenvalue weighted by molar-refractivity contribution is 6.35. The van der Waals surface area contributed by atoms with Crippen molar-refractivity contribution < 1.29 is 5.11 Å². The van der Waals surface area contributed by atoms with Crippen molar-refractivity contribution in [3.05, 3.63) is 34.5 Å². The number of H-pyrrole nitrogens is 1. The van der Waals surface area contributed by atoms with Gasteiger partial charge >= 0.3 is 0 Å². The van der Waals surface area contributed by atoms with Gasteiger partial charge in [-0.25, -0.2) is 0 Å². The van der Waals surface area contributed by atoms with E-state index in [0.29, 0.717) is 0 Å². The number of aryl methyl sites for hydroxylation is 1. The van der Waals surface area contributed by atoms with Crippen molar-refractivity contribution >= 4 is 22.5 Å². The zero-order chi connectivity index (χ0) is 9.42. The van der Waals surface area contributed by atoms with Gasteiger partial charge in [0.1, 0.15) is 0 Å². The smallest absolute Gasteiger partial charge is 0.0831 e. The van der Waals surface area contributed by atoms with Crippen molar-refractivity contribution in [1.29, 1.82) is 0 Å². The SMILES string of the molecule is Cc1ccc(Cl)c2cc(CO)[nH]c12. The molecule has 0 radical (unpaired) electrons. The highest BCUT2D eigenvalue weighted by Crippen LogP contribution is 2.26. The van der Waals surface area contributed by atoms with Crippen molar-refractivity contribution in [1.82, 2.24) is 4.98 Å². The maximum absolute atomic E-state index is 8.95. The molecule has 1 heterocycles. The van der Waals surface area contributed by atoms with Crippen LogP contribution in [0, 0.1) is 6.92 Å². The van der Waals surface area contributed by atoms with Crippen LogP contribution in [0.4, 0.5) is 0 Å². The standard InChI is InChI=1S/C10H10ClNO/c1-6-2-3-9(11)8-4-7(5-13)12-10(6)8/h2-4,12-13H,5H2,1H3. The highest BCUT2D eigenvalue weighted by atomic mass is 35.5. The van der Waals surface area contributed by atoms with Gasteiger partial charge in [0.25, 0.3) is 0 Å². The van der Waals surface area contributed by atoms with Crippen LogP contribution >= 0.6 is 11.6 Å². The average molecular weight is 196 g/mol. The Morgan fingerprint density at radius 1 is 1.46 bits per heavy atom. The topological polar surface area (TPSA) is 36.0 Å². The number of aromatic nitrogens is 1. The van der Waals surface area contributed by atoms with Crippen LogP contribution in [-0.2, 0) is 6.61 Å². The molecule has 68 valence electrons. The summed E-state index contributed by atoms with van der Waals surface area (Å²) in [4.78, 5) is 3.12. The molecule has 2 rings (SSSR count). The number of nitrogens with one attached hydrogen (secondary N) is 1. The minimum Gasteiger partial charge on any atom is -0.390 e. The Bertz CT molecular complexity index is 408. The lowest BCUT2D eigenvalue weighted by Gasteiger charge is -1.96. The summed E-state index contributed by atoms with van der Waals surface area (Å²) in [6, 6.07) is 5.71. The number of hydrogen-bond acceptors (Lipinski definition) is 1. The fourth-order valence-electron chi connectivity index (χ4n) is 1.47. The summed E-state index contributed by atoms with van der Waals surface area (Å²) < 4.78 is 0. The van der Waals surface area contributed by atoms with Crippen LogP contribution in [0.25, 0.3) is 10.9 Å². The summed E-state index contributed by atoms with van der Waals surface area (Å²) in [6.07, 6.45) is 0. The maximum Gasteiger partial charge on any atom is 0.0831 e. The number of rotatable bonds is 1. The van der Waals surface area contributed by atoms with Gasteiger partial charge in [-0.3, -0.25) is 0 Å². The van der Waals surface area contributed by atoms with Crippen LogP contribution in [0.1, 0.15) is 11.3 Å². The Morgan fingerprint density at radius 3 is 2.85 bits per heavy atom. The van der Waals surface area contributed by atoms with E-state index in [1.54, 1.807) is 0 Å². The number of fused-ring (bicyclic) bond motifs is 1. The molecule has 0 unspecified atom stereocenters. The first kappa shape index (κ1) is 8.60. The number of hydrogen-bond donors (Lipinski definition) is 2. The molecule has 0 aliphatic carbocycles. The lowest BCUT2D eigenvalue weighted by Crippen LogP contribution is -1.80. The van der Waals surface area contributed by atoms with Gasteiger partial charge in [0.2, 0.25) is 0 Å². The summed E-state index contributed by atoms with van der Waals surface area (Å²) in [5, 5.41) is 10.6. The van der Waals surface area contributed by atoms with E-state index in [-0.39, 0.29) is 6.61 Å². The number of aliphatic hydroxyl groups is 1. The average Bonchev–Trinajstić information content (AvgIpc) is 2.56. The predicted octanol–water partition coefficient (Wildman–Crippen LogP) is 2.62. The summed E-state index contributed by atoms with van der Waals surface area (Å²) in [5.41, 5.74) is 2.95. The van der Waals surface area contributed by atoms with Crippen LogP contribution < -0.4 is 0 Å². The quantitative estimate of drug-likeness (QED) is 0.721. The van der Waals surface area contributed by atoms with Crippen molar-refractivity contribution in [2.24, 2.45) is 0 Å². The number of aliphatic hydroxyl groups excluding tert-OH is 1. The summed E-state index contributed by atoms with van der Waals surface area (Å²) in [7, 11) is 0. The van der Waals surface area contributed by atoms with Gasteiger partial charge in [-0.05, 0) is 24.6 Å². The van der Waals surface area contributed by atoms with Gasteiger partial charge in [-0.15, -0.1) is 0 Å². The lowest BCUT2D eigenvalue weighted by molar-refractivity contribution is 0.278. The van der Waals surface area contributed by atoms with Gasteiger partial charge in [0.05, 0.1) is 12.1 Å². The van der Waals surface area contributed by atoms with Crippen LogP contribution in [-0.4, -0.2) is 10.1 Å². The van der Waals surface area contributed by atoms with Crippen LogP contribution in [0.5, 0.6) is 0 Å². The third-order valence-electron chi connectivity index (χ3n) is 2.18. The number of benzene rings is 1. The number of aromatic amines is 1. The molecule has 0 bridgehead atoms. The third-order valence-corrected chi connectivity index (χ3v) is 2.50. The van der Waals surface area contributed by atoms with Gasteiger partial charge in [0.15, 0.2) is 0 Å². The Kier molecular flexibility index (Phi) is 2.02. The van der Waals surface area contributed by atoms with Gasteiger partial charge < -0.3 is 10.1 Å². The first-order valence-electron chi connectivity index (χ1n) is 4.10. The molecule has 0 spiro atoms. The van der Waals surface area contributed by atoms with E-state index < -0.39 is 0 Å². The normalized spacial score (nSPS) is 11.0. The first-order chi connectivity index (χ1) is 6.22. The molecule has 0 aliphatic heterocycles. The lowest BCUT2D eigenvalue weighted by atomic mass is 10.2. The Morgan fingerprint density at radius 2 is 2.23 bits per heavy atom. The molecule has 0 atom stereocenters. The fourth-order valence-corrected chi connectivity index (χ4v) is 1.68. The Balaban J connectivity index is 2.80. The van der Waals surface area contributed by atoms with Crippen LogP contribution in [0.3, 0.4) is 0 Å². The highest BCUT2D eigenvalue weighted by Gasteiger charge is 2.05. The molecule has 0 fully saturated rings. The molecule has 0 amide bonds. The minimum absolute atomic E-state index is 0.0183. The summed E-state index contributed by atoms with van der Waals surface area (Å²) in [6.45, 7) is 2.03. The molecule has 1 aromatic heterocycles. The molecule has 2 N–H and O–H groups in total. The molecule has 0 saturated carbocycles. The van der Waals surface area contributed by atoms with Crippen molar-refractivity contribution in [2.75, 3.05) is 0 Å². The van der Waals surface area contributed by atoms with E-state index in [4.69, 9.17) is 16.7 Å². The third kappa shape index (κ3) is 1.32. The van der Waals surface area contributed by atoms with Gasteiger partial charge in [-0.1, -0.05) is 17.7 Å². The predicted molar refractivity (Wildman–Crippen MR) is 54.0 cm³/mol. The molecule has 2 nitrogen and oxygen atoms in total. The largest absolute Gasteiger partial charge is 0.390 e. The van der Waals surface area contributed by atoms with Crippen LogP contribution in [0.15, 0.2) is 18.2 Å². The molecule has 0 saturated heterocycles. The van der Waals surface area contributed by atoms with E-state index in [2.05, 4.69) is 4.98 Å². The Hall–Kier alpha value is -0.990. The van der Waals surface area contributed by atoms with Crippen molar-refractivity contribution in [3.8, 4) is 0 Å². The Labute approximate surface area is 81.1 Å². The number of halogens is 1. The van der Waals surface area contributed by atoms with E-state index in [1.807, 2.05) is 25.1 Å². The zero-order valence-electron chi connectivity index (χ0n) is 7.26. The molecule has 0 aliphatic rings. The maximum atomic E-state index is 8.95. The van der Waals surface area contributed by atoms with E-state index in [9.17, 15) is 0 Å². The molecular formula is C10H10ClNO. The minimum atomic E-state index is 0.0183. The van der Waals surface area contributed by atoms with Crippen molar-refractivity contribution in [2.45, 2.75) is 13.5 Å². The molecule has 1 aromatic carbocycles. The zero-order valence-corrected chi connectivity index (χ0v) is 8.02. The second-order valence-corrected chi connectivity index (χ2v) is 3.51. The van der Waals surface area contributed by atoms with Crippen LogP contribution in [0.2, 0.25) is 5.02 Å². The molecule has 3 heteroatoms. The van der Waals surface area contributed by atoms with Crippen molar-refractivity contribution in [3.63, 3.8) is 0 Å². The molecular weight excluding hydrogens is 186 g/mol. The molecule has 2 aromatic rings.